The Morgan fingerprint density at radius 3 is 2.47 bits per heavy atom. The summed E-state index contributed by atoms with van der Waals surface area (Å²) < 4.78 is 19.7. The second kappa shape index (κ2) is 12.1. The van der Waals surface area contributed by atoms with Crippen LogP contribution in [0.5, 0.6) is 5.75 Å². The quantitative estimate of drug-likeness (QED) is 0.409. The van der Waals surface area contributed by atoms with E-state index in [1.807, 2.05) is 6.92 Å². The number of likely N-dealkylation sites (N-methyl/N-ethyl adjacent to an activating group) is 1. The van der Waals surface area contributed by atoms with Crippen molar-refractivity contribution in [1.82, 2.24) is 19.9 Å². The molecule has 1 atom stereocenters. The highest BCUT2D eigenvalue weighted by Crippen LogP contribution is 2.25. The Morgan fingerprint density at radius 2 is 1.74 bits per heavy atom. The van der Waals surface area contributed by atoms with Crippen LogP contribution in [0.25, 0.3) is 0 Å². The van der Waals surface area contributed by atoms with Crippen molar-refractivity contribution in [3.63, 3.8) is 0 Å². The van der Waals surface area contributed by atoms with Gasteiger partial charge in [0, 0.05) is 30.4 Å². The molecule has 4 rings (SSSR count). The number of halogens is 1. The molecular formula is C25H38FN7O. The maximum absolute atomic E-state index is 14.4. The van der Waals surface area contributed by atoms with Gasteiger partial charge in [0.2, 0.25) is 17.8 Å². The lowest BCUT2D eigenvalue weighted by molar-refractivity contribution is 0.277. The molecule has 2 fully saturated rings. The summed E-state index contributed by atoms with van der Waals surface area (Å²) >= 11 is 0. The molecule has 0 amide bonds. The smallest absolute Gasteiger partial charge is 0.233 e. The van der Waals surface area contributed by atoms with Crippen LogP contribution in [-0.2, 0) is 0 Å². The van der Waals surface area contributed by atoms with Gasteiger partial charge in [0.25, 0.3) is 0 Å². The molecule has 1 saturated carbocycles. The molecule has 1 aromatic heterocycles. The van der Waals surface area contributed by atoms with E-state index < -0.39 is 5.82 Å². The van der Waals surface area contributed by atoms with Gasteiger partial charge in [-0.05, 0) is 57.8 Å². The van der Waals surface area contributed by atoms with Crippen LogP contribution in [0.4, 0.5) is 27.9 Å². The molecule has 2 heterocycles. The van der Waals surface area contributed by atoms with Gasteiger partial charge in [-0.15, -0.1) is 0 Å². The van der Waals surface area contributed by atoms with Gasteiger partial charge in [-0.3, -0.25) is 4.90 Å². The maximum atomic E-state index is 14.4. The summed E-state index contributed by atoms with van der Waals surface area (Å²) in [6.45, 7) is 7.43. The van der Waals surface area contributed by atoms with Crippen LogP contribution < -0.4 is 20.7 Å². The summed E-state index contributed by atoms with van der Waals surface area (Å²) in [5.74, 6) is 1.28. The second-order valence-electron chi connectivity index (χ2n) is 9.15. The molecule has 3 N–H and O–H groups in total. The van der Waals surface area contributed by atoms with E-state index in [-0.39, 0.29) is 5.75 Å². The molecule has 1 saturated heterocycles. The first-order chi connectivity index (χ1) is 16.6. The first kappa shape index (κ1) is 24.4. The highest BCUT2D eigenvalue weighted by molar-refractivity contribution is 5.57. The first-order valence-corrected chi connectivity index (χ1v) is 12.8. The molecule has 9 heteroatoms. The number of benzene rings is 1. The maximum Gasteiger partial charge on any atom is 0.233 e. The van der Waals surface area contributed by atoms with Gasteiger partial charge in [0.05, 0.1) is 6.61 Å². The predicted octanol–water partition coefficient (Wildman–Crippen LogP) is 5.18. The fourth-order valence-corrected chi connectivity index (χ4v) is 4.91. The number of rotatable bonds is 10. The lowest BCUT2D eigenvalue weighted by Gasteiger charge is -2.23. The molecule has 2 aromatic rings. The van der Waals surface area contributed by atoms with Gasteiger partial charge in [0.1, 0.15) is 0 Å². The molecule has 186 valence electrons. The Balaban J connectivity index is 1.51. The van der Waals surface area contributed by atoms with E-state index in [4.69, 9.17) is 4.74 Å². The number of hydrogen-bond donors (Lipinski definition) is 3. The lowest BCUT2D eigenvalue weighted by Crippen LogP contribution is -2.35. The van der Waals surface area contributed by atoms with Crippen molar-refractivity contribution in [2.24, 2.45) is 0 Å². The summed E-state index contributed by atoms with van der Waals surface area (Å²) in [6.07, 6.45) is 9.65. The van der Waals surface area contributed by atoms with Crippen molar-refractivity contribution in [3.8, 4) is 5.75 Å². The van der Waals surface area contributed by atoms with Crippen LogP contribution in [0.15, 0.2) is 18.2 Å². The number of likely N-dealkylation sites (tertiary alicyclic amines) is 1. The van der Waals surface area contributed by atoms with Crippen molar-refractivity contribution in [2.75, 3.05) is 42.2 Å². The Morgan fingerprint density at radius 1 is 0.971 bits per heavy atom. The summed E-state index contributed by atoms with van der Waals surface area (Å²) in [5.41, 5.74) is 0.562. The van der Waals surface area contributed by atoms with Crippen LogP contribution >= 0.6 is 0 Å². The minimum atomic E-state index is -0.419. The number of nitrogens with zero attached hydrogens (tertiary/aromatic N) is 4. The molecule has 2 aliphatic rings. The van der Waals surface area contributed by atoms with Crippen molar-refractivity contribution in [3.05, 3.63) is 24.0 Å². The zero-order valence-corrected chi connectivity index (χ0v) is 20.4. The number of anilines is 4. The van der Waals surface area contributed by atoms with Crippen molar-refractivity contribution < 1.29 is 9.13 Å². The molecule has 1 aliphatic heterocycles. The number of hydrogen-bond acceptors (Lipinski definition) is 8. The van der Waals surface area contributed by atoms with E-state index in [1.54, 1.807) is 12.1 Å². The van der Waals surface area contributed by atoms with Gasteiger partial charge in [-0.2, -0.15) is 15.0 Å². The summed E-state index contributed by atoms with van der Waals surface area (Å²) in [5, 5.41) is 10.1. The van der Waals surface area contributed by atoms with Crippen molar-refractivity contribution in [1.29, 1.82) is 0 Å². The summed E-state index contributed by atoms with van der Waals surface area (Å²) in [7, 11) is 0. The third-order valence-electron chi connectivity index (χ3n) is 6.71. The Labute approximate surface area is 202 Å². The predicted molar refractivity (Wildman–Crippen MR) is 135 cm³/mol. The van der Waals surface area contributed by atoms with E-state index in [2.05, 4.69) is 42.7 Å². The van der Waals surface area contributed by atoms with Crippen molar-refractivity contribution in [2.45, 2.75) is 77.3 Å². The molecular weight excluding hydrogens is 433 g/mol. The molecule has 1 unspecified atom stereocenters. The molecule has 8 nitrogen and oxygen atoms in total. The molecule has 0 bridgehead atoms. The normalized spacial score (nSPS) is 19.6. The van der Waals surface area contributed by atoms with Gasteiger partial charge < -0.3 is 20.7 Å². The van der Waals surface area contributed by atoms with Gasteiger partial charge >= 0.3 is 0 Å². The lowest BCUT2D eigenvalue weighted by atomic mass is 10.1. The Hall–Kier alpha value is -2.68. The fourth-order valence-electron chi connectivity index (χ4n) is 4.91. The van der Waals surface area contributed by atoms with Gasteiger partial charge in [0.15, 0.2) is 11.6 Å². The molecule has 0 radical (unpaired) electrons. The van der Waals surface area contributed by atoms with E-state index in [0.29, 0.717) is 42.2 Å². The first-order valence-electron chi connectivity index (χ1n) is 12.8. The topological polar surface area (TPSA) is 87.2 Å². The van der Waals surface area contributed by atoms with E-state index in [1.165, 1.54) is 44.6 Å². The molecule has 34 heavy (non-hydrogen) atoms. The number of ether oxygens (including phenoxy) is 1. The number of nitrogens with one attached hydrogen (secondary N) is 3. The highest BCUT2D eigenvalue weighted by atomic mass is 19.1. The van der Waals surface area contributed by atoms with Crippen molar-refractivity contribution >= 4 is 23.5 Å². The second-order valence-corrected chi connectivity index (χ2v) is 9.15. The van der Waals surface area contributed by atoms with E-state index >= 15 is 0 Å². The summed E-state index contributed by atoms with van der Waals surface area (Å²) in [4.78, 5) is 16.3. The fraction of sp³-hybridized carbons (Fsp3) is 0.640. The number of aromatic nitrogens is 3. The average molecular weight is 472 g/mol. The molecule has 0 spiro atoms. The monoisotopic (exact) mass is 471 g/mol. The van der Waals surface area contributed by atoms with Gasteiger partial charge in [-0.25, -0.2) is 4.39 Å². The molecule has 1 aromatic carbocycles. The minimum absolute atomic E-state index is 0.235. The van der Waals surface area contributed by atoms with E-state index in [9.17, 15) is 4.39 Å². The average Bonchev–Trinajstić information content (AvgIpc) is 3.14. The zero-order chi connectivity index (χ0) is 23.8. The standard InChI is InChI=1S/C25H38FN7O/c1-3-33-15-9-12-20(33)17-27-23-30-24(28-18-10-7-5-6-8-11-18)32-25(31-23)29-19-13-14-22(34-4-2)21(26)16-19/h13-14,16,18,20H,3-12,15,17H2,1-2H3,(H3,27,28,29,30,31,32). The highest BCUT2D eigenvalue weighted by Gasteiger charge is 2.23. The van der Waals surface area contributed by atoms with E-state index in [0.717, 1.165) is 32.5 Å². The third kappa shape index (κ3) is 6.68. The van der Waals surface area contributed by atoms with Crippen LogP contribution in [0, 0.1) is 5.82 Å². The minimum Gasteiger partial charge on any atom is -0.491 e. The van der Waals surface area contributed by atoms with Crippen LogP contribution in [0.3, 0.4) is 0 Å². The molecule has 1 aliphatic carbocycles. The largest absolute Gasteiger partial charge is 0.491 e. The summed E-state index contributed by atoms with van der Waals surface area (Å²) in [6, 6.07) is 5.63. The van der Waals surface area contributed by atoms with Gasteiger partial charge in [-0.1, -0.05) is 32.6 Å². The zero-order valence-electron chi connectivity index (χ0n) is 20.4. The van der Waals surface area contributed by atoms with Crippen LogP contribution in [-0.4, -0.2) is 58.2 Å². The van der Waals surface area contributed by atoms with Crippen LogP contribution in [0.2, 0.25) is 0 Å². The Kier molecular flexibility index (Phi) is 8.73. The van der Waals surface area contributed by atoms with Crippen LogP contribution in [0.1, 0.15) is 65.2 Å². The SMILES string of the molecule is CCOc1ccc(Nc2nc(NCC3CCCN3CC)nc(NC3CCCCCC3)n2)cc1F. The third-order valence-corrected chi connectivity index (χ3v) is 6.71. The Bertz CT molecular complexity index is 920.